The van der Waals surface area contributed by atoms with Crippen molar-refractivity contribution in [1.82, 2.24) is 29.5 Å². The lowest BCUT2D eigenvalue weighted by molar-refractivity contribution is 0.0994. The number of fused-ring (bicyclic) bond motifs is 1. The number of carbonyl (C=O) groups is 1. The third kappa shape index (κ3) is 3.48. The number of furan rings is 1. The van der Waals surface area contributed by atoms with Gasteiger partial charge in [0.25, 0.3) is 5.91 Å². The second-order valence-electron chi connectivity index (χ2n) is 7.40. The van der Waals surface area contributed by atoms with Crippen LogP contribution in [0.15, 0.2) is 58.0 Å². The van der Waals surface area contributed by atoms with Crippen molar-refractivity contribution in [3.8, 4) is 11.5 Å². The topological polar surface area (TPSA) is 104 Å². The Morgan fingerprint density at radius 1 is 1.03 bits per heavy atom. The molecule has 4 aromatic heterocycles. The number of anilines is 1. The van der Waals surface area contributed by atoms with E-state index in [2.05, 4.69) is 67.4 Å². The van der Waals surface area contributed by atoms with Crippen LogP contribution in [0.2, 0.25) is 0 Å². The smallest absolute Gasteiger partial charge is 0.292 e. The highest BCUT2D eigenvalue weighted by Gasteiger charge is 2.19. The van der Waals surface area contributed by atoms with E-state index in [9.17, 15) is 4.79 Å². The zero-order chi connectivity index (χ0) is 22.4. The van der Waals surface area contributed by atoms with E-state index in [4.69, 9.17) is 4.42 Å². The number of aromatic nitrogens is 6. The van der Waals surface area contributed by atoms with Crippen molar-refractivity contribution < 1.29 is 9.21 Å². The summed E-state index contributed by atoms with van der Waals surface area (Å²) in [4.78, 5) is 21.5. The van der Waals surface area contributed by atoms with Crippen molar-refractivity contribution in [1.29, 1.82) is 0 Å². The Kier molecular flexibility index (Phi) is 4.86. The fourth-order valence-corrected chi connectivity index (χ4v) is 3.72. The number of hydrogen-bond donors (Lipinski definition) is 1. The molecule has 0 aliphatic rings. The molecule has 5 aromatic rings. The first-order chi connectivity index (χ1) is 15.4. The lowest BCUT2D eigenvalue weighted by Crippen LogP contribution is -2.15. The van der Waals surface area contributed by atoms with Crippen molar-refractivity contribution in [3.05, 3.63) is 76.2 Å². The summed E-state index contributed by atoms with van der Waals surface area (Å²) in [6.07, 6.45) is 3.16. The molecule has 1 N–H and O–H groups in total. The Morgan fingerprint density at radius 3 is 2.62 bits per heavy atom. The number of carbonyl (C=O) groups excluding carboxylic acids is 1. The lowest BCUT2D eigenvalue weighted by atomic mass is 10.1. The summed E-state index contributed by atoms with van der Waals surface area (Å²) >= 11 is 3.21. The molecule has 0 atom stereocenters. The molecule has 32 heavy (non-hydrogen) atoms. The minimum absolute atomic E-state index is 0.178. The van der Waals surface area contributed by atoms with E-state index in [0.717, 1.165) is 11.3 Å². The fraction of sp³-hybridized carbons (Fsp3) is 0.136. The molecule has 10 heteroatoms. The van der Waals surface area contributed by atoms with Gasteiger partial charge in [-0.15, -0.1) is 0 Å². The van der Waals surface area contributed by atoms with Gasteiger partial charge in [0, 0.05) is 6.07 Å². The van der Waals surface area contributed by atoms with Gasteiger partial charge >= 0.3 is 0 Å². The molecule has 0 aliphatic heterocycles. The minimum atomic E-state index is -0.395. The molecular weight excluding hydrogens is 474 g/mol. The van der Waals surface area contributed by atoms with Gasteiger partial charge < -0.3 is 9.73 Å². The Morgan fingerprint density at radius 2 is 1.88 bits per heavy atom. The summed E-state index contributed by atoms with van der Waals surface area (Å²) in [7, 11) is 0. The predicted molar refractivity (Wildman–Crippen MR) is 122 cm³/mol. The minimum Gasteiger partial charge on any atom is -0.444 e. The zero-order valence-corrected chi connectivity index (χ0v) is 19.1. The molecule has 9 nitrogen and oxygen atoms in total. The van der Waals surface area contributed by atoms with E-state index < -0.39 is 5.91 Å². The molecule has 1 aromatic carbocycles. The van der Waals surface area contributed by atoms with E-state index in [-0.39, 0.29) is 5.76 Å². The summed E-state index contributed by atoms with van der Waals surface area (Å²) in [5, 5.41) is 12.6. The Labute approximate surface area is 191 Å². The summed E-state index contributed by atoms with van der Waals surface area (Å²) < 4.78 is 9.16. The SMILES string of the molecule is Cc1cc(NC(=O)c2ccc(Br)o2)n(-c2ncnc3c2cnn3-c2ccc(C)c(C)c2)n1. The number of nitrogens with zero attached hydrogens (tertiary/aromatic N) is 6. The number of benzene rings is 1. The molecule has 5 rings (SSSR count). The molecule has 4 heterocycles. The van der Waals surface area contributed by atoms with Crippen LogP contribution >= 0.6 is 15.9 Å². The van der Waals surface area contributed by atoms with Gasteiger partial charge in [-0.25, -0.2) is 14.6 Å². The van der Waals surface area contributed by atoms with E-state index in [1.54, 1.807) is 33.8 Å². The summed E-state index contributed by atoms with van der Waals surface area (Å²) in [6, 6.07) is 11.1. The van der Waals surface area contributed by atoms with Gasteiger partial charge in [0.2, 0.25) is 0 Å². The Bertz CT molecular complexity index is 1480. The number of hydrogen-bond acceptors (Lipinski definition) is 6. The second-order valence-corrected chi connectivity index (χ2v) is 8.18. The van der Waals surface area contributed by atoms with Crippen LogP contribution < -0.4 is 5.32 Å². The average Bonchev–Trinajstić information content (AvgIpc) is 3.48. The first-order valence-electron chi connectivity index (χ1n) is 9.81. The van der Waals surface area contributed by atoms with Crippen molar-refractivity contribution >= 4 is 38.7 Å². The number of rotatable bonds is 4. The Hall–Kier alpha value is -3.79. The van der Waals surface area contributed by atoms with Gasteiger partial charge in [0.05, 0.1) is 23.0 Å². The quantitative estimate of drug-likeness (QED) is 0.395. The maximum atomic E-state index is 12.6. The van der Waals surface area contributed by atoms with Crippen LogP contribution in [0.4, 0.5) is 5.82 Å². The first kappa shape index (κ1) is 20.1. The van der Waals surface area contributed by atoms with Crippen molar-refractivity contribution in [3.63, 3.8) is 0 Å². The maximum absolute atomic E-state index is 12.6. The number of nitrogens with one attached hydrogen (secondary N) is 1. The summed E-state index contributed by atoms with van der Waals surface area (Å²) in [5.74, 6) is 0.749. The zero-order valence-electron chi connectivity index (χ0n) is 17.5. The molecule has 0 saturated carbocycles. The lowest BCUT2D eigenvalue weighted by Gasteiger charge is -2.09. The van der Waals surface area contributed by atoms with Gasteiger partial charge in [-0.05, 0) is 72.1 Å². The first-order valence-corrected chi connectivity index (χ1v) is 10.6. The number of aryl methyl sites for hydroxylation is 3. The van der Waals surface area contributed by atoms with Crippen LogP contribution in [0.3, 0.4) is 0 Å². The summed E-state index contributed by atoms with van der Waals surface area (Å²) in [5.41, 5.74) is 4.63. The van der Waals surface area contributed by atoms with Crippen LogP contribution in [0.5, 0.6) is 0 Å². The van der Waals surface area contributed by atoms with E-state index in [0.29, 0.717) is 33.0 Å². The van der Waals surface area contributed by atoms with Crippen LogP contribution in [-0.4, -0.2) is 35.4 Å². The molecule has 1 amide bonds. The molecule has 0 unspecified atom stereocenters. The van der Waals surface area contributed by atoms with E-state index in [1.165, 1.54) is 11.9 Å². The van der Waals surface area contributed by atoms with Gasteiger partial charge in [-0.1, -0.05) is 6.07 Å². The molecule has 0 fully saturated rings. The monoisotopic (exact) mass is 491 g/mol. The Balaban J connectivity index is 1.58. The average molecular weight is 492 g/mol. The van der Waals surface area contributed by atoms with Crippen molar-refractivity contribution in [2.75, 3.05) is 5.32 Å². The standard InChI is InChI=1S/C22H18BrN7O2/c1-12-4-5-15(8-13(12)2)29-20-16(10-26-29)21(25-11-24-20)30-19(9-14(3)28-30)27-22(31)17-6-7-18(23)32-17/h4-11H,1-3H3,(H,27,31). The highest BCUT2D eigenvalue weighted by Crippen LogP contribution is 2.25. The predicted octanol–water partition coefficient (Wildman–Crippen LogP) is 4.53. The van der Waals surface area contributed by atoms with Crippen LogP contribution in [-0.2, 0) is 0 Å². The second kappa shape index (κ2) is 7.72. The van der Waals surface area contributed by atoms with Crippen molar-refractivity contribution in [2.45, 2.75) is 20.8 Å². The van der Waals surface area contributed by atoms with Crippen LogP contribution in [0.25, 0.3) is 22.5 Å². The van der Waals surface area contributed by atoms with Gasteiger partial charge in [0.1, 0.15) is 12.1 Å². The van der Waals surface area contributed by atoms with E-state index in [1.807, 2.05) is 13.0 Å². The molecule has 0 aliphatic carbocycles. The molecule has 0 saturated heterocycles. The third-order valence-electron chi connectivity index (χ3n) is 5.15. The molecular formula is C22H18BrN7O2. The van der Waals surface area contributed by atoms with Gasteiger partial charge in [0.15, 0.2) is 21.9 Å². The molecule has 0 bridgehead atoms. The number of halogens is 1. The normalized spacial score (nSPS) is 11.2. The highest BCUT2D eigenvalue weighted by molar-refractivity contribution is 9.10. The van der Waals surface area contributed by atoms with Crippen LogP contribution in [0, 0.1) is 20.8 Å². The van der Waals surface area contributed by atoms with Gasteiger partial charge in [-0.2, -0.15) is 14.9 Å². The largest absolute Gasteiger partial charge is 0.444 e. The van der Waals surface area contributed by atoms with E-state index >= 15 is 0 Å². The number of amides is 1. The molecule has 0 spiro atoms. The molecule has 160 valence electrons. The van der Waals surface area contributed by atoms with Gasteiger partial charge in [-0.3, -0.25) is 4.79 Å². The van der Waals surface area contributed by atoms with Crippen LogP contribution in [0.1, 0.15) is 27.4 Å². The summed E-state index contributed by atoms with van der Waals surface area (Å²) in [6.45, 7) is 5.97. The maximum Gasteiger partial charge on any atom is 0.292 e. The fourth-order valence-electron chi connectivity index (χ4n) is 3.41. The van der Waals surface area contributed by atoms with Crippen molar-refractivity contribution in [2.24, 2.45) is 0 Å². The third-order valence-corrected chi connectivity index (χ3v) is 5.58. The molecule has 0 radical (unpaired) electrons. The highest BCUT2D eigenvalue weighted by atomic mass is 79.9.